The summed E-state index contributed by atoms with van der Waals surface area (Å²) in [5, 5.41) is 3.30. The van der Waals surface area contributed by atoms with Crippen LogP contribution in [0.15, 0.2) is 24.3 Å². The fraction of sp³-hybridized carbons (Fsp3) is 0.533. The van der Waals surface area contributed by atoms with Gasteiger partial charge in [-0.2, -0.15) is 0 Å². The molecular weight excluding hydrogens is 254 g/mol. The van der Waals surface area contributed by atoms with Gasteiger partial charge in [0, 0.05) is 40.3 Å². The second-order valence-electron chi connectivity index (χ2n) is 5.27. The topological polar surface area (TPSA) is 44.8 Å². The zero-order valence-corrected chi connectivity index (χ0v) is 12.4. The van der Waals surface area contributed by atoms with Crippen LogP contribution in [0.5, 0.6) is 5.75 Å². The van der Waals surface area contributed by atoms with Crippen molar-refractivity contribution in [2.24, 2.45) is 0 Å². The van der Waals surface area contributed by atoms with E-state index in [4.69, 9.17) is 4.74 Å². The van der Waals surface area contributed by atoms with Crippen LogP contribution in [-0.4, -0.2) is 62.6 Å². The van der Waals surface area contributed by atoms with Gasteiger partial charge in [0.2, 0.25) is 5.91 Å². The molecule has 110 valence electrons. The Balaban J connectivity index is 2.10. The van der Waals surface area contributed by atoms with E-state index in [1.54, 1.807) is 26.1 Å². The fourth-order valence-electron chi connectivity index (χ4n) is 2.48. The number of rotatable bonds is 4. The van der Waals surface area contributed by atoms with Crippen molar-refractivity contribution in [1.29, 1.82) is 0 Å². The molecule has 1 atom stereocenters. The van der Waals surface area contributed by atoms with E-state index in [0.717, 1.165) is 25.4 Å². The van der Waals surface area contributed by atoms with Gasteiger partial charge >= 0.3 is 0 Å². The van der Waals surface area contributed by atoms with Crippen LogP contribution in [0, 0.1) is 0 Å². The molecule has 0 saturated carbocycles. The molecule has 0 aromatic heterocycles. The molecule has 1 amide bonds. The van der Waals surface area contributed by atoms with E-state index >= 15 is 0 Å². The van der Waals surface area contributed by atoms with Gasteiger partial charge in [-0.1, -0.05) is 12.1 Å². The highest BCUT2D eigenvalue weighted by atomic mass is 16.5. The summed E-state index contributed by atoms with van der Waals surface area (Å²) in [6.45, 7) is 3.27. The van der Waals surface area contributed by atoms with Gasteiger partial charge in [0.1, 0.15) is 11.8 Å². The molecule has 1 fully saturated rings. The molecule has 1 aliphatic rings. The maximum atomic E-state index is 12.2. The Hall–Kier alpha value is -1.59. The largest absolute Gasteiger partial charge is 0.497 e. The van der Waals surface area contributed by atoms with E-state index in [9.17, 15) is 4.79 Å². The Morgan fingerprint density at radius 1 is 1.50 bits per heavy atom. The third kappa shape index (κ3) is 3.49. The molecule has 1 N–H and O–H groups in total. The van der Waals surface area contributed by atoms with Gasteiger partial charge in [-0.05, 0) is 17.7 Å². The number of likely N-dealkylation sites (N-methyl/N-ethyl adjacent to an activating group) is 1. The summed E-state index contributed by atoms with van der Waals surface area (Å²) in [6, 6.07) is 7.93. The minimum atomic E-state index is -0.0926. The first-order chi connectivity index (χ1) is 9.61. The number of nitrogens with one attached hydrogen (secondary N) is 1. The van der Waals surface area contributed by atoms with E-state index in [1.807, 2.05) is 18.2 Å². The zero-order chi connectivity index (χ0) is 14.5. The van der Waals surface area contributed by atoms with Crippen LogP contribution < -0.4 is 10.1 Å². The smallest absolute Gasteiger partial charge is 0.240 e. The molecule has 0 bridgehead atoms. The number of piperazine rings is 1. The van der Waals surface area contributed by atoms with E-state index in [2.05, 4.69) is 16.3 Å². The van der Waals surface area contributed by atoms with Crippen LogP contribution in [0.1, 0.15) is 5.56 Å². The molecule has 0 aliphatic carbocycles. The molecule has 1 aromatic carbocycles. The summed E-state index contributed by atoms with van der Waals surface area (Å²) in [4.78, 5) is 16.1. The molecule has 0 spiro atoms. The lowest BCUT2D eigenvalue weighted by Gasteiger charge is -2.36. The lowest BCUT2D eigenvalue weighted by molar-refractivity contribution is -0.135. The van der Waals surface area contributed by atoms with Crippen molar-refractivity contribution in [2.45, 2.75) is 12.6 Å². The molecule has 2 rings (SSSR count). The van der Waals surface area contributed by atoms with Crippen molar-refractivity contribution in [2.75, 3.05) is 40.8 Å². The first-order valence-electron chi connectivity index (χ1n) is 6.90. The number of hydrogen-bond donors (Lipinski definition) is 1. The van der Waals surface area contributed by atoms with E-state index in [1.165, 1.54) is 5.56 Å². The van der Waals surface area contributed by atoms with Crippen LogP contribution in [0.4, 0.5) is 0 Å². The average Bonchev–Trinajstić information content (AvgIpc) is 2.47. The van der Waals surface area contributed by atoms with Gasteiger partial charge in [-0.15, -0.1) is 0 Å². The summed E-state index contributed by atoms with van der Waals surface area (Å²) >= 11 is 0. The van der Waals surface area contributed by atoms with Gasteiger partial charge in [-0.25, -0.2) is 0 Å². The summed E-state index contributed by atoms with van der Waals surface area (Å²) in [6.07, 6.45) is 0. The molecule has 5 nitrogen and oxygen atoms in total. The van der Waals surface area contributed by atoms with Crippen molar-refractivity contribution in [3.63, 3.8) is 0 Å². The maximum Gasteiger partial charge on any atom is 0.240 e. The standard InChI is InChI=1S/C15H23N3O2/c1-17(2)15(19)14-10-16-7-8-18(14)11-12-5-4-6-13(9-12)20-3/h4-6,9,14,16H,7-8,10-11H2,1-3H3. The SMILES string of the molecule is COc1cccc(CN2CCNCC2C(=O)N(C)C)c1. The Bertz CT molecular complexity index is 462. The van der Waals surface area contributed by atoms with Crippen LogP contribution in [0.3, 0.4) is 0 Å². The second-order valence-corrected chi connectivity index (χ2v) is 5.27. The Morgan fingerprint density at radius 3 is 3.00 bits per heavy atom. The summed E-state index contributed by atoms with van der Waals surface area (Å²) in [5.74, 6) is 1.01. The molecule has 1 aliphatic heterocycles. The molecule has 1 unspecified atom stereocenters. The summed E-state index contributed by atoms with van der Waals surface area (Å²) in [7, 11) is 5.28. The van der Waals surface area contributed by atoms with E-state index < -0.39 is 0 Å². The quantitative estimate of drug-likeness (QED) is 0.873. The number of ether oxygens (including phenoxy) is 1. The number of carbonyl (C=O) groups is 1. The molecular formula is C15H23N3O2. The second kappa shape index (κ2) is 6.72. The van der Waals surface area contributed by atoms with Gasteiger partial charge in [-0.3, -0.25) is 9.69 Å². The van der Waals surface area contributed by atoms with Gasteiger partial charge < -0.3 is 15.0 Å². The monoisotopic (exact) mass is 277 g/mol. The number of benzene rings is 1. The van der Waals surface area contributed by atoms with Crippen LogP contribution in [-0.2, 0) is 11.3 Å². The molecule has 5 heteroatoms. The third-order valence-corrected chi connectivity index (χ3v) is 3.60. The first kappa shape index (κ1) is 14.8. The van der Waals surface area contributed by atoms with Gasteiger partial charge in [0.25, 0.3) is 0 Å². The van der Waals surface area contributed by atoms with Crippen molar-refractivity contribution in [1.82, 2.24) is 15.1 Å². The van der Waals surface area contributed by atoms with Crippen LogP contribution >= 0.6 is 0 Å². The van der Waals surface area contributed by atoms with Gasteiger partial charge in [0.15, 0.2) is 0 Å². The van der Waals surface area contributed by atoms with Crippen molar-refractivity contribution < 1.29 is 9.53 Å². The Kier molecular flexibility index (Phi) is 4.98. The normalized spacial score (nSPS) is 19.6. The summed E-state index contributed by atoms with van der Waals surface area (Å²) < 4.78 is 5.25. The molecule has 1 saturated heterocycles. The highest BCUT2D eigenvalue weighted by Gasteiger charge is 2.29. The lowest BCUT2D eigenvalue weighted by Crippen LogP contribution is -2.57. The lowest BCUT2D eigenvalue weighted by atomic mass is 10.1. The highest BCUT2D eigenvalue weighted by molar-refractivity contribution is 5.81. The van der Waals surface area contributed by atoms with Crippen molar-refractivity contribution >= 4 is 5.91 Å². The first-order valence-corrected chi connectivity index (χ1v) is 6.90. The minimum absolute atomic E-state index is 0.0926. The predicted molar refractivity (Wildman–Crippen MR) is 78.8 cm³/mol. The molecule has 1 heterocycles. The molecule has 1 aromatic rings. The number of nitrogens with zero attached hydrogens (tertiary/aromatic N) is 2. The number of carbonyl (C=O) groups excluding carboxylic acids is 1. The Labute approximate surface area is 120 Å². The summed E-state index contributed by atoms with van der Waals surface area (Å²) in [5.41, 5.74) is 1.17. The maximum absolute atomic E-state index is 12.2. The highest BCUT2D eigenvalue weighted by Crippen LogP contribution is 2.16. The number of amides is 1. The molecule has 20 heavy (non-hydrogen) atoms. The fourth-order valence-corrected chi connectivity index (χ4v) is 2.48. The van der Waals surface area contributed by atoms with E-state index in [-0.39, 0.29) is 11.9 Å². The Morgan fingerprint density at radius 2 is 2.30 bits per heavy atom. The van der Waals surface area contributed by atoms with Crippen LogP contribution in [0.2, 0.25) is 0 Å². The number of methoxy groups -OCH3 is 1. The van der Waals surface area contributed by atoms with Crippen LogP contribution in [0.25, 0.3) is 0 Å². The third-order valence-electron chi connectivity index (χ3n) is 3.60. The van der Waals surface area contributed by atoms with Gasteiger partial charge in [0.05, 0.1) is 7.11 Å². The minimum Gasteiger partial charge on any atom is -0.497 e. The van der Waals surface area contributed by atoms with E-state index in [0.29, 0.717) is 6.54 Å². The molecule has 0 radical (unpaired) electrons. The van der Waals surface area contributed by atoms with Crippen molar-refractivity contribution in [3.8, 4) is 5.75 Å². The predicted octanol–water partition coefficient (Wildman–Crippen LogP) is 0.557. The number of hydrogen-bond acceptors (Lipinski definition) is 4. The average molecular weight is 277 g/mol. The van der Waals surface area contributed by atoms with Crippen molar-refractivity contribution in [3.05, 3.63) is 29.8 Å². The zero-order valence-electron chi connectivity index (χ0n) is 12.4.